The van der Waals surface area contributed by atoms with E-state index >= 15 is 0 Å². The van der Waals surface area contributed by atoms with Crippen molar-refractivity contribution in [2.75, 3.05) is 0 Å². The van der Waals surface area contributed by atoms with Gasteiger partial charge in [-0.15, -0.1) is 0 Å². The van der Waals surface area contributed by atoms with E-state index in [1.807, 2.05) is 0 Å². The third-order valence-corrected chi connectivity index (χ3v) is 0.365. The number of carbonyl (C=O) groups is 1. The first-order valence-electron chi connectivity index (χ1n) is 1.53. The van der Waals surface area contributed by atoms with Crippen LogP contribution in [-0.2, 0) is 4.79 Å². The maximum absolute atomic E-state index is 9.60. The van der Waals surface area contributed by atoms with Crippen molar-refractivity contribution in [3.05, 3.63) is 12.2 Å². The van der Waals surface area contributed by atoms with Gasteiger partial charge in [0, 0.05) is 5.57 Å². The molecule has 0 fully saturated rings. The van der Waals surface area contributed by atoms with E-state index in [4.69, 9.17) is 5.11 Å². The molecule has 7 heavy (non-hydrogen) atoms. The van der Waals surface area contributed by atoms with Gasteiger partial charge in [-0.25, -0.2) is 4.79 Å². The van der Waals surface area contributed by atoms with Gasteiger partial charge in [0.2, 0.25) is 0 Å². The topological polar surface area (TPSA) is 37.3 Å². The van der Waals surface area contributed by atoms with Gasteiger partial charge in [-0.05, 0) is 6.92 Å². The number of carboxylic acid groups (broad SMARTS) is 1. The summed E-state index contributed by atoms with van der Waals surface area (Å²) >= 11 is 0. The Kier molecular flexibility index (Phi) is 6.90. The fraction of sp³-hybridized carbons (Fsp3) is 0.250. The van der Waals surface area contributed by atoms with Crippen LogP contribution in [0.3, 0.4) is 0 Å². The number of hydrogen-bond donors (Lipinski definition) is 1. The van der Waals surface area contributed by atoms with Crippen molar-refractivity contribution < 1.29 is 9.90 Å². The van der Waals surface area contributed by atoms with Crippen LogP contribution in [0.1, 0.15) is 6.92 Å². The zero-order valence-corrected chi connectivity index (χ0v) is 3.56. The normalized spacial score (nSPS) is 6.43. The summed E-state index contributed by atoms with van der Waals surface area (Å²) in [5, 5.41) is 7.89. The fourth-order valence-electron chi connectivity index (χ4n) is 0. The molecule has 0 saturated heterocycles. The number of hydrogen-bond acceptors (Lipinski definition) is 1. The summed E-state index contributed by atoms with van der Waals surface area (Å²) < 4.78 is 0. The molecule has 0 heterocycles. The first-order valence-corrected chi connectivity index (χ1v) is 1.53. The first-order chi connectivity index (χ1) is 2.64. The van der Waals surface area contributed by atoms with Crippen LogP contribution in [0.25, 0.3) is 0 Å². The van der Waals surface area contributed by atoms with Crippen molar-refractivity contribution in [1.29, 1.82) is 0 Å². The predicted molar refractivity (Wildman–Crippen MR) is 31.0 cm³/mol. The van der Waals surface area contributed by atoms with Crippen molar-refractivity contribution in [1.82, 2.24) is 0 Å². The Bertz CT molecular complexity index is 75.7. The van der Waals surface area contributed by atoms with Crippen molar-refractivity contribution in [3.63, 3.8) is 0 Å². The zero-order valence-electron chi connectivity index (χ0n) is 3.56. The maximum atomic E-state index is 9.60. The van der Waals surface area contributed by atoms with Crippen LogP contribution >= 0.6 is 0 Å². The van der Waals surface area contributed by atoms with Gasteiger partial charge in [0.1, 0.15) is 0 Å². The second kappa shape index (κ2) is 4.62. The van der Waals surface area contributed by atoms with E-state index in [9.17, 15) is 4.79 Å². The molecule has 0 saturated carbocycles. The average Bonchev–Trinajstić information content (AvgIpc) is 1.36. The van der Waals surface area contributed by atoms with Crippen molar-refractivity contribution in [2.45, 2.75) is 6.92 Å². The van der Waals surface area contributed by atoms with Crippen LogP contribution in [0.5, 0.6) is 0 Å². The summed E-state index contributed by atoms with van der Waals surface area (Å²) in [6.07, 6.45) is 0. The van der Waals surface area contributed by atoms with Crippen molar-refractivity contribution in [3.8, 4) is 0 Å². The van der Waals surface area contributed by atoms with E-state index < -0.39 is 5.97 Å². The van der Waals surface area contributed by atoms with Crippen LogP contribution in [-0.4, -0.2) is 48.8 Å². The Hall–Kier alpha value is 0.470. The Morgan fingerprint density at radius 2 is 1.86 bits per heavy atom. The molecule has 0 radical (unpaired) electrons. The van der Waals surface area contributed by atoms with Gasteiger partial charge in [0.25, 0.3) is 0 Å². The molecule has 2 nitrogen and oxygen atoms in total. The molecular weight excluding hydrogens is 120 g/mol. The molecule has 1 N–H and O–H groups in total. The molecular formula is C4H8CaO2. The molecule has 3 heteroatoms. The van der Waals surface area contributed by atoms with Crippen LogP contribution in [0.4, 0.5) is 0 Å². The van der Waals surface area contributed by atoms with Crippen LogP contribution in [0.15, 0.2) is 12.2 Å². The quantitative estimate of drug-likeness (QED) is 0.390. The molecule has 0 unspecified atom stereocenters. The molecule has 0 spiro atoms. The summed E-state index contributed by atoms with van der Waals surface area (Å²) in [6.45, 7) is 4.60. The molecule has 0 amide bonds. The molecule has 0 atom stereocenters. The van der Waals surface area contributed by atoms with E-state index in [-0.39, 0.29) is 43.3 Å². The Labute approximate surface area is 72.2 Å². The SMILES string of the molecule is C=C(C)C(=O)O.[CaH2]. The van der Waals surface area contributed by atoms with Crippen LogP contribution in [0, 0.1) is 0 Å². The van der Waals surface area contributed by atoms with Gasteiger partial charge >= 0.3 is 43.7 Å². The minimum absolute atomic E-state index is 0. The van der Waals surface area contributed by atoms with Gasteiger partial charge in [-0.2, -0.15) is 0 Å². The van der Waals surface area contributed by atoms with Gasteiger partial charge in [0.05, 0.1) is 0 Å². The molecule has 0 aliphatic carbocycles. The zero-order chi connectivity index (χ0) is 5.15. The summed E-state index contributed by atoms with van der Waals surface area (Å²) in [5.74, 6) is -0.935. The summed E-state index contributed by atoms with van der Waals surface area (Å²) in [4.78, 5) is 9.60. The molecule has 0 aliphatic heterocycles. The number of carboxylic acids is 1. The van der Waals surface area contributed by atoms with Crippen LogP contribution in [0.2, 0.25) is 0 Å². The first kappa shape index (κ1) is 10.5. The van der Waals surface area contributed by atoms with E-state index in [0.29, 0.717) is 0 Å². The second-order valence-corrected chi connectivity index (χ2v) is 1.09. The summed E-state index contributed by atoms with van der Waals surface area (Å²) in [5.41, 5.74) is 0.176. The van der Waals surface area contributed by atoms with E-state index in [0.717, 1.165) is 0 Å². The Morgan fingerprint density at radius 3 is 1.86 bits per heavy atom. The van der Waals surface area contributed by atoms with Crippen LogP contribution < -0.4 is 0 Å². The van der Waals surface area contributed by atoms with Gasteiger partial charge in [0.15, 0.2) is 0 Å². The molecule has 0 bridgehead atoms. The van der Waals surface area contributed by atoms with E-state index in [1.54, 1.807) is 0 Å². The monoisotopic (exact) mass is 128 g/mol. The fourth-order valence-corrected chi connectivity index (χ4v) is 0. The molecule has 38 valence electrons. The van der Waals surface area contributed by atoms with Crippen molar-refractivity contribution in [2.24, 2.45) is 0 Å². The summed E-state index contributed by atoms with van der Waals surface area (Å²) in [7, 11) is 0. The average molecular weight is 128 g/mol. The molecule has 0 aromatic heterocycles. The number of aliphatic carboxylic acids is 1. The Balaban J connectivity index is 0. The van der Waals surface area contributed by atoms with Gasteiger partial charge in [-0.3, -0.25) is 0 Å². The predicted octanol–water partition coefficient (Wildman–Crippen LogP) is -0.269. The molecule has 0 aliphatic rings. The molecule has 0 aromatic rings. The third-order valence-electron chi connectivity index (χ3n) is 0.365. The van der Waals surface area contributed by atoms with Crippen molar-refractivity contribution >= 4 is 43.7 Å². The van der Waals surface area contributed by atoms with E-state index in [1.165, 1.54) is 6.92 Å². The molecule has 0 rings (SSSR count). The standard InChI is InChI=1S/C4H6O2.Ca.2H/c1-3(2)4(5)6;;;/h1H2,2H3,(H,5,6);;;. The second-order valence-electron chi connectivity index (χ2n) is 1.09. The number of rotatable bonds is 1. The summed E-state index contributed by atoms with van der Waals surface area (Å²) in [6, 6.07) is 0. The van der Waals surface area contributed by atoms with E-state index in [2.05, 4.69) is 6.58 Å². The van der Waals surface area contributed by atoms with Gasteiger partial charge in [-0.1, -0.05) is 6.58 Å². The molecule has 0 aromatic carbocycles. The van der Waals surface area contributed by atoms with Gasteiger partial charge < -0.3 is 5.11 Å². The minimum atomic E-state index is -0.935. The third kappa shape index (κ3) is 6.47. The Morgan fingerprint density at radius 1 is 1.71 bits per heavy atom.